The Hall–Kier alpha value is -3.99. The van der Waals surface area contributed by atoms with Gasteiger partial charge in [-0.1, -0.05) is 12.1 Å². The van der Waals surface area contributed by atoms with Gasteiger partial charge >= 0.3 is 5.97 Å². The lowest BCUT2D eigenvalue weighted by molar-refractivity contribution is -0.149. The van der Waals surface area contributed by atoms with Crippen LogP contribution in [0.25, 0.3) is 0 Å². The Bertz CT molecular complexity index is 1350. The number of fused-ring (bicyclic) bond motifs is 1. The van der Waals surface area contributed by atoms with E-state index >= 15 is 0 Å². The van der Waals surface area contributed by atoms with E-state index in [0.29, 0.717) is 49.6 Å². The number of benzene rings is 2. The summed E-state index contributed by atoms with van der Waals surface area (Å²) in [6.07, 6.45) is 2.65. The minimum absolute atomic E-state index is 0.130. The zero-order chi connectivity index (χ0) is 27.4. The molecule has 1 fully saturated rings. The summed E-state index contributed by atoms with van der Waals surface area (Å²) in [5, 5.41) is 0. The van der Waals surface area contributed by atoms with Gasteiger partial charge < -0.3 is 23.5 Å². The van der Waals surface area contributed by atoms with E-state index in [1.165, 1.54) is 18.4 Å². The average Bonchev–Trinajstić information content (AvgIpc) is 3.59. The third-order valence-electron chi connectivity index (χ3n) is 6.71. The normalized spacial score (nSPS) is 16.5. The van der Waals surface area contributed by atoms with Gasteiger partial charge in [0.1, 0.15) is 17.9 Å². The Labute approximate surface area is 224 Å². The number of aromatic nitrogens is 1. The van der Waals surface area contributed by atoms with Gasteiger partial charge in [0.05, 0.1) is 19.1 Å². The first-order valence-corrected chi connectivity index (χ1v) is 12.8. The van der Waals surface area contributed by atoms with Crippen molar-refractivity contribution in [2.75, 3.05) is 26.5 Å². The first-order valence-electron chi connectivity index (χ1n) is 12.8. The maximum Gasteiger partial charge on any atom is 0.310 e. The SMILES string of the molecule is CCOC(=O)C1CCCN(C(=O)c2coc(CN(Cc3ccc4c(c3)OCO4)Cc3ccc(F)cc3F)n2)C1. The van der Waals surface area contributed by atoms with Crippen molar-refractivity contribution < 1.29 is 37.0 Å². The molecule has 9 nitrogen and oxygen atoms in total. The van der Waals surface area contributed by atoms with Gasteiger partial charge in [0.15, 0.2) is 17.2 Å². The molecule has 39 heavy (non-hydrogen) atoms. The second-order valence-electron chi connectivity index (χ2n) is 9.54. The van der Waals surface area contributed by atoms with Crippen molar-refractivity contribution in [3.63, 3.8) is 0 Å². The van der Waals surface area contributed by atoms with Gasteiger partial charge in [-0.2, -0.15) is 0 Å². The zero-order valence-corrected chi connectivity index (χ0v) is 21.5. The van der Waals surface area contributed by atoms with Crippen LogP contribution in [0.1, 0.15) is 47.3 Å². The van der Waals surface area contributed by atoms with Crippen LogP contribution in [-0.4, -0.2) is 53.1 Å². The van der Waals surface area contributed by atoms with E-state index in [1.807, 2.05) is 17.0 Å². The van der Waals surface area contributed by atoms with Crippen LogP contribution in [-0.2, 0) is 29.2 Å². The largest absolute Gasteiger partial charge is 0.466 e. The van der Waals surface area contributed by atoms with Gasteiger partial charge in [-0.3, -0.25) is 14.5 Å². The standard InChI is InChI=1S/C28H29F2N3O6/c1-2-36-28(35)20-4-3-9-33(14-20)27(34)23-16-37-26(31-23)15-32(13-19-6-7-21(29)11-22(19)30)12-18-5-8-24-25(10-18)39-17-38-24/h5-8,10-11,16,20H,2-4,9,12-15,17H2,1H3. The van der Waals surface area contributed by atoms with Crippen molar-refractivity contribution in [2.45, 2.75) is 39.4 Å². The van der Waals surface area contributed by atoms with Crippen molar-refractivity contribution >= 4 is 11.9 Å². The predicted molar refractivity (Wildman–Crippen MR) is 134 cm³/mol. The highest BCUT2D eigenvalue weighted by atomic mass is 19.1. The van der Waals surface area contributed by atoms with Crippen LogP contribution in [0.15, 0.2) is 47.1 Å². The van der Waals surface area contributed by atoms with Crippen molar-refractivity contribution in [1.82, 2.24) is 14.8 Å². The number of amides is 1. The highest BCUT2D eigenvalue weighted by Gasteiger charge is 2.31. The van der Waals surface area contributed by atoms with Crippen LogP contribution in [0.2, 0.25) is 0 Å². The Kier molecular flexibility index (Phi) is 8.06. The summed E-state index contributed by atoms with van der Waals surface area (Å²) >= 11 is 0. The number of hydrogen-bond acceptors (Lipinski definition) is 8. The van der Waals surface area contributed by atoms with Crippen LogP contribution in [0.3, 0.4) is 0 Å². The van der Waals surface area contributed by atoms with Crippen molar-refractivity contribution in [3.05, 3.63) is 77.0 Å². The van der Waals surface area contributed by atoms with E-state index < -0.39 is 11.6 Å². The lowest BCUT2D eigenvalue weighted by atomic mass is 9.98. The molecule has 0 spiro atoms. The van der Waals surface area contributed by atoms with Crippen LogP contribution in [0.4, 0.5) is 8.78 Å². The Balaban J connectivity index is 1.31. The maximum atomic E-state index is 14.5. The molecule has 0 saturated carbocycles. The fourth-order valence-corrected chi connectivity index (χ4v) is 4.81. The van der Waals surface area contributed by atoms with E-state index in [2.05, 4.69) is 4.98 Å². The Morgan fingerprint density at radius 1 is 1.10 bits per heavy atom. The molecule has 0 bridgehead atoms. The lowest BCUT2D eigenvalue weighted by Gasteiger charge is -2.30. The maximum absolute atomic E-state index is 14.5. The summed E-state index contributed by atoms with van der Waals surface area (Å²) < 4.78 is 49.6. The first kappa shape index (κ1) is 26.6. The second-order valence-corrected chi connectivity index (χ2v) is 9.54. The zero-order valence-electron chi connectivity index (χ0n) is 21.5. The molecule has 206 valence electrons. The monoisotopic (exact) mass is 541 g/mol. The fourth-order valence-electron chi connectivity index (χ4n) is 4.81. The van der Waals surface area contributed by atoms with Crippen LogP contribution in [0.5, 0.6) is 11.5 Å². The van der Waals surface area contributed by atoms with Crippen molar-refractivity contribution in [2.24, 2.45) is 5.92 Å². The number of likely N-dealkylation sites (tertiary alicyclic amines) is 1. The number of hydrogen-bond donors (Lipinski definition) is 0. The summed E-state index contributed by atoms with van der Waals surface area (Å²) in [6, 6.07) is 8.98. The molecule has 0 N–H and O–H groups in total. The van der Waals surface area contributed by atoms with E-state index in [-0.39, 0.29) is 55.8 Å². The number of carbonyl (C=O) groups is 2. The number of esters is 1. The van der Waals surface area contributed by atoms with E-state index in [0.717, 1.165) is 11.6 Å². The molecule has 2 aliphatic rings. The molecule has 1 unspecified atom stereocenters. The van der Waals surface area contributed by atoms with Gasteiger partial charge in [0.25, 0.3) is 5.91 Å². The Morgan fingerprint density at radius 3 is 2.77 bits per heavy atom. The predicted octanol–water partition coefficient (Wildman–Crippen LogP) is 4.30. The van der Waals surface area contributed by atoms with Gasteiger partial charge in [-0.25, -0.2) is 13.8 Å². The van der Waals surface area contributed by atoms with Crippen molar-refractivity contribution in [3.8, 4) is 11.5 Å². The topological polar surface area (TPSA) is 94.3 Å². The summed E-state index contributed by atoms with van der Waals surface area (Å²) in [5.74, 6) is -0.778. The molecule has 11 heteroatoms. The van der Waals surface area contributed by atoms with Crippen LogP contribution >= 0.6 is 0 Å². The molecule has 5 rings (SSSR count). The summed E-state index contributed by atoms with van der Waals surface area (Å²) in [6.45, 7) is 3.63. The van der Waals surface area contributed by atoms with E-state index in [1.54, 1.807) is 17.9 Å². The number of ether oxygens (including phenoxy) is 3. The third-order valence-corrected chi connectivity index (χ3v) is 6.71. The number of halogens is 2. The molecule has 3 aromatic rings. The van der Waals surface area contributed by atoms with E-state index in [9.17, 15) is 18.4 Å². The molecule has 0 aliphatic carbocycles. The molecule has 1 saturated heterocycles. The Morgan fingerprint density at radius 2 is 1.95 bits per heavy atom. The third kappa shape index (κ3) is 6.36. The molecule has 2 aliphatic heterocycles. The molecule has 2 aromatic carbocycles. The van der Waals surface area contributed by atoms with Crippen LogP contribution in [0, 0.1) is 17.6 Å². The molecule has 1 amide bonds. The first-order chi connectivity index (χ1) is 18.9. The highest BCUT2D eigenvalue weighted by Crippen LogP contribution is 2.33. The van der Waals surface area contributed by atoms with E-state index in [4.69, 9.17) is 18.6 Å². The van der Waals surface area contributed by atoms with Crippen molar-refractivity contribution in [1.29, 1.82) is 0 Å². The number of carbonyl (C=O) groups excluding carboxylic acids is 2. The van der Waals surface area contributed by atoms with Gasteiger partial charge in [-0.05, 0) is 43.5 Å². The van der Waals surface area contributed by atoms with Crippen LogP contribution < -0.4 is 9.47 Å². The molecule has 1 aromatic heterocycles. The summed E-state index contributed by atoms with van der Waals surface area (Å²) in [7, 11) is 0. The molecule has 3 heterocycles. The molecular formula is C28H29F2N3O6. The summed E-state index contributed by atoms with van der Waals surface area (Å²) in [4.78, 5) is 33.1. The second kappa shape index (κ2) is 11.8. The number of oxazole rings is 1. The smallest absolute Gasteiger partial charge is 0.310 e. The van der Waals surface area contributed by atoms with Gasteiger partial charge in [0, 0.05) is 37.8 Å². The number of rotatable bonds is 9. The highest BCUT2D eigenvalue weighted by molar-refractivity contribution is 5.92. The summed E-state index contributed by atoms with van der Waals surface area (Å²) in [5.41, 5.74) is 1.31. The number of piperidine rings is 1. The lowest BCUT2D eigenvalue weighted by Crippen LogP contribution is -2.43. The minimum Gasteiger partial charge on any atom is -0.466 e. The number of nitrogens with zero attached hydrogens (tertiary/aromatic N) is 3. The quantitative estimate of drug-likeness (QED) is 0.370. The fraction of sp³-hybridized carbons (Fsp3) is 0.393. The molecular weight excluding hydrogens is 512 g/mol. The molecule has 1 atom stereocenters. The van der Waals surface area contributed by atoms with Gasteiger partial charge in [-0.15, -0.1) is 0 Å². The molecule has 0 radical (unpaired) electrons. The van der Waals surface area contributed by atoms with Gasteiger partial charge in [0.2, 0.25) is 12.7 Å². The minimum atomic E-state index is -0.657. The average molecular weight is 542 g/mol.